The van der Waals surface area contributed by atoms with Crippen LogP contribution in [0.15, 0.2) is 63.5 Å². The second-order valence-corrected chi connectivity index (χ2v) is 8.93. The maximum atomic E-state index is 13.7. The lowest BCUT2D eigenvalue weighted by Crippen LogP contribution is -2.40. The normalized spacial score (nSPS) is 15.2. The number of nitrogens with zero attached hydrogens (tertiary/aromatic N) is 2. The summed E-state index contributed by atoms with van der Waals surface area (Å²) in [5.74, 6) is 1.26. The van der Waals surface area contributed by atoms with E-state index in [1.54, 1.807) is 50.8 Å². The zero-order chi connectivity index (χ0) is 25.8. The van der Waals surface area contributed by atoms with E-state index in [2.05, 4.69) is 4.99 Å². The van der Waals surface area contributed by atoms with E-state index in [4.69, 9.17) is 18.9 Å². The molecule has 0 radical (unpaired) electrons. The Kier molecular flexibility index (Phi) is 7.59. The largest absolute Gasteiger partial charge is 0.497 e. The molecule has 0 aliphatic carbocycles. The first-order valence-electron chi connectivity index (χ1n) is 11.6. The first kappa shape index (κ1) is 25.2. The maximum Gasteiger partial charge on any atom is 0.338 e. The smallest absolute Gasteiger partial charge is 0.338 e. The number of fused-ring (bicyclic) bond motifs is 1. The molecule has 2 heterocycles. The van der Waals surface area contributed by atoms with Crippen LogP contribution >= 0.6 is 11.3 Å². The molecule has 1 unspecified atom stereocenters. The number of thiazole rings is 1. The maximum absolute atomic E-state index is 13.7. The van der Waals surface area contributed by atoms with Gasteiger partial charge in [-0.3, -0.25) is 9.36 Å². The molecule has 0 spiro atoms. The molecule has 0 fully saturated rings. The monoisotopic (exact) mass is 508 g/mol. The summed E-state index contributed by atoms with van der Waals surface area (Å²) in [6.45, 7) is 6.01. The van der Waals surface area contributed by atoms with Gasteiger partial charge in [0, 0.05) is 0 Å². The van der Waals surface area contributed by atoms with Crippen LogP contribution in [0.5, 0.6) is 17.2 Å². The van der Waals surface area contributed by atoms with E-state index >= 15 is 0 Å². The minimum absolute atomic E-state index is 0.204. The van der Waals surface area contributed by atoms with Crippen molar-refractivity contribution in [3.8, 4) is 17.2 Å². The van der Waals surface area contributed by atoms with E-state index in [-0.39, 0.29) is 12.2 Å². The van der Waals surface area contributed by atoms with Crippen LogP contribution in [0.4, 0.5) is 0 Å². The van der Waals surface area contributed by atoms with Gasteiger partial charge in [0.15, 0.2) is 16.3 Å². The third kappa shape index (κ3) is 4.79. The van der Waals surface area contributed by atoms with Gasteiger partial charge in [-0.2, -0.15) is 0 Å². The van der Waals surface area contributed by atoms with Crippen molar-refractivity contribution in [1.82, 2.24) is 4.57 Å². The molecule has 1 atom stereocenters. The summed E-state index contributed by atoms with van der Waals surface area (Å²) in [4.78, 5) is 31.9. The van der Waals surface area contributed by atoms with E-state index in [0.29, 0.717) is 50.0 Å². The highest BCUT2D eigenvalue weighted by molar-refractivity contribution is 7.07. The molecule has 0 N–H and O–H groups in total. The Bertz CT molecular complexity index is 1500. The Balaban J connectivity index is 1.95. The minimum atomic E-state index is -0.738. The number of ether oxygens (including phenoxy) is 4. The highest BCUT2D eigenvalue weighted by Gasteiger charge is 2.34. The van der Waals surface area contributed by atoms with Crippen molar-refractivity contribution in [3.05, 3.63) is 84.5 Å². The second kappa shape index (κ2) is 10.8. The lowest BCUT2D eigenvalue weighted by Gasteiger charge is -2.25. The van der Waals surface area contributed by atoms with Crippen molar-refractivity contribution >= 4 is 23.4 Å². The van der Waals surface area contributed by atoms with Gasteiger partial charge in [-0.1, -0.05) is 29.5 Å². The molecule has 1 aliphatic rings. The van der Waals surface area contributed by atoms with E-state index < -0.39 is 12.0 Å². The first-order chi connectivity index (χ1) is 17.4. The number of esters is 1. The van der Waals surface area contributed by atoms with E-state index in [1.165, 1.54) is 11.3 Å². The Labute approximate surface area is 212 Å². The Morgan fingerprint density at radius 2 is 1.89 bits per heavy atom. The van der Waals surface area contributed by atoms with Crippen LogP contribution in [0.3, 0.4) is 0 Å². The number of carbonyl (C=O) groups is 1. The molecule has 8 nitrogen and oxygen atoms in total. The molecule has 188 valence electrons. The molecular formula is C27H28N2O6S. The molecule has 0 bridgehead atoms. The summed E-state index contributed by atoms with van der Waals surface area (Å²) >= 11 is 1.27. The Hall–Kier alpha value is -3.85. The van der Waals surface area contributed by atoms with Crippen molar-refractivity contribution in [2.45, 2.75) is 26.8 Å². The lowest BCUT2D eigenvalue weighted by molar-refractivity contribution is -0.139. The molecule has 2 aromatic carbocycles. The van der Waals surface area contributed by atoms with Gasteiger partial charge in [-0.15, -0.1) is 0 Å². The molecule has 0 saturated heterocycles. The van der Waals surface area contributed by atoms with E-state index in [9.17, 15) is 9.59 Å². The SMILES string of the molecule is CCOC(=O)C1=C(C)N=c2s/c(=C/c3cccc(OC)c3)c(=O)n2C1c1ccc(OC)c(OCC)c1. The van der Waals surface area contributed by atoms with Gasteiger partial charge >= 0.3 is 5.97 Å². The fourth-order valence-electron chi connectivity index (χ4n) is 4.12. The standard InChI is InChI=1S/C27H28N2O6S/c1-6-34-21-15-18(11-12-20(21)33-5)24-23(26(31)35-7-2)16(3)28-27-29(24)25(30)22(36-27)14-17-9-8-10-19(13-17)32-4/h8-15,24H,6-7H2,1-5H3/b22-14+. The molecular weight excluding hydrogens is 480 g/mol. The predicted octanol–water partition coefficient (Wildman–Crippen LogP) is 3.21. The molecule has 0 saturated carbocycles. The molecule has 3 aromatic rings. The third-order valence-corrected chi connectivity index (χ3v) is 6.69. The highest BCUT2D eigenvalue weighted by Crippen LogP contribution is 2.36. The average Bonchev–Trinajstić information content (AvgIpc) is 3.17. The minimum Gasteiger partial charge on any atom is -0.497 e. The molecule has 36 heavy (non-hydrogen) atoms. The van der Waals surface area contributed by atoms with Gasteiger partial charge < -0.3 is 18.9 Å². The number of methoxy groups -OCH3 is 2. The van der Waals surface area contributed by atoms with Gasteiger partial charge in [0.25, 0.3) is 5.56 Å². The molecule has 9 heteroatoms. The van der Waals surface area contributed by atoms with Gasteiger partial charge in [0.2, 0.25) is 0 Å². The zero-order valence-corrected chi connectivity index (χ0v) is 21.7. The van der Waals surface area contributed by atoms with Crippen molar-refractivity contribution in [2.75, 3.05) is 27.4 Å². The predicted molar refractivity (Wildman–Crippen MR) is 138 cm³/mol. The number of rotatable bonds is 8. The first-order valence-corrected chi connectivity index (χ1v) is 12.4. The third-order valence-electron chi connectivity index (χ3n) is 5.71. The van der Waals surface area contributed by atoms with Crippen molar-refractivity contribution in [3.63, 3.8) is 0 Å². The molecule has 1 aliphatic heterocycles. The average molecular weight is 509 g/mol. The van der Waals surface area contributed by atoms with Crippen LogP contribution in [0, 0.1) is 0 Å². The number of carbonyl (C=O) groups excluding carboxylic acids is 1. The van der Waals surface area contributed by atoms with Crippen LogP contribution in [0.25, 0.3) is 6.08 Å². The number of hydrogen-bond donors (Lipinski definition) is 0. The molecule has 4 rings (SSSR count). The number of allylic oxidation sites excluding steroid dienone is 1. The summed E-state index contributed by atoms with van der Waals surface area (Å²) < 4.78 is 23.9. The summed E-state index contributed by atoms with van der Waals surface area (Å²) in [6.07, 6.45) is 1.80. The molecule has 1 aromatic heterocycles. The molecule has 0 amide bonds. The van der Waals surface area contributed by atoms with Gasteiger partial charge in [0.05, 0.1) is 49.3 Å². The van der Waals surface area contributed by atoms with Crippen molar-refractivity contribution in [2.24, 2.45) is 4.99 Å². The zero-order valence-electron chi connectivity index (χ0n) is 20.9. The number of hydrogen-bond acceptors (Lipinski definition) is 8. The van der Waals surface area contributed by atoms with Crippen LogP contribution in [-0.4, -0.2) is 38.0 Å². The lowest BCUT2D eigenvalue weighted by atomic mass is 9.95. The highest BCUT2D eigenvalue weighted by atomic mass is 32.1. The van der Waals surface area contributed by atoms with Crippen LogP contribution in [0.2, 0.25) is 0 Å². The topological polar surface area (TPSA) is 88.4 Å². The van der Waals surface area contributed by atoms with Crippen LogP contribution in [-0.2, 0) is 9.53 Å². The van der Waals surface area contributed by atoms with E-state index in [1.807, 2.05) is 37.3 Å². The van der Waals surface area contributed by atoms with Crippen molar-refractivity contribution in [1.29, 1.82) is 0 Å². The number of benzene rings is 2. The Morgan fingerprint density at radius 3 is 2.58 bits per heavy atom. The fourth-order valence-corrected chi connectivity index (χ4v) is 5.17. The van der Waals surface area contributed by atoms with Crippen molar-refractivity contribution < 1.29 is 23.7 Å². The summed E-state index contributed by atoms with van der Waals surface area (Å²) in [7, 11) is 3.16. The quantitative estimate of drug-likeness (QED) is 0.434. The Morgan fingerprint density at radius 1 is 1.08 bits per heavy atom. The number of aromatic nitrogens is 1. The van der Waals surface area contributed by atoms with Gasteiger partial charge in [-0.05, 0) is 62.2 Å². The summed E-state index contributed by atoms with van der Waals surface area (Å²) in [5.41, 5.74) is 2.06. The summed E-state index contributed by atoms with van der Waals surface area (Å²) in [6, 6.07) is 12.1. The van der Waals surface area contributed by atoms with E-state index in [0.717, 1.165) is 5.56 Å². The summed E-state index contributed by atoms with van der Waals surface area (Å²) in [5, 5.41) is 0. The second-order valence-electron chi connectivity index (χ2n) is 7.92. The van der Waals surface area contributed by atoms with Crippen LogP contribution < -0.4 is 29.1 Å². The van der Waals surface area contributed by atoms with Crippen LogP contribution in [0.1, 0.15) is 37.9 Å². The van der Waals surface area contributed by atoms with Gasteiger partial charge in [0.1, 0.15) is 5.75 Å². The van der Waals surface area contributed by atoms with Gasteiger partial charge in [-0.25, -0.2) is 9.79 Å². The fraction of sp³-hybridized carbons (Fsp3) is 0.296.